The Morgan fingerprint density at radius 2 is 1.74 bits per heavy atom. The molecule has 0 aromatic heterocycles. The zero-order valence-corrected chi connectivity index (χ0v) is 13.9. The average Bonchev–Trinajstić information content (AvgIpc) is 2.25. The predicted octanol–water partition coefficient (Wildman–Crippen LogP) is 5.43. The maximum Gasteiger partial charge on any atom is 0.255 e. The van der Waals surface area contributed by atoms with Crippen molar-refractivity contribution in [2.45, 2.75) is 6.92 Å². The normalized spacial score (nSPS) is 10.3. The van der Waals surface area contributed by atoms with Gasteiger partial charge < -0.3 is 5.32 Å². The monoisotopic (exact) mass is 401 g/mol. The topological polar surface area (TPSA) is 29.1 Å². The fourth-order valence-corrected chi connectivity index (χ4v) is 3.16. The van der Waals surface area contributed by atoms with Gasteiger partial charge in [0.1, 0.15) is 0 Å². The number of benzene rings is 2. The molecule has 0 atom stereocenters. The van der Waals surface area contributed by atoms with E-state index in [1.165, 1.54) is 0 Å². The molecule has 1 amide bonds. The third-order valence-corrected chi connectivity index (χ3v) is 3.56. The van der Waals surface area contributed by atoms with E-state index in [1.807, 2.05) is 25.1 Å². The van der Waals surface area contributed by atoms with Gasteiger partial charge in [-0.25, -0.2) is 0 Å². The summed E-state index contributed by atoms with van der Waals surface area (Å²) in [5.41, 5.74) is 2.32. The van der Waals surface area contributed by atoms with Crippen LogP contribution in [0.1, 0.15) is 15.9 Å². The Balaban J connectivity index is 2.25. The van der Waals surface area contributed by atoms with E-state index < -0.39 is 0 Å². The molecule has 0 radical (unpaired) electrons. The highest BCUT2D eigenvalue weighted by molar-refractivity contribution is 9.10. The molecule has 0 saturated carbocycles. The van der Waals surface area contributed by atoms with Crippen LogP contribution in [0.15, 0.2) is 45.3 Å². The van der Waals surface area contributed by atoms with Crippen molar-refractivity contribution in [2.24, 2.45) is 0 Å². The van der Waals surface area contributed by atoms with Gasteiger partial charge in [0, 0.05) is 25.2 Å². The van der Waals surface area contributed by atoms with Gasteiger partial charge in [0.2, 0.25) is 0 Å². The molecule has 5 heteroatoms. The Morgan fingerprint density at radius 1 is 1.05 bits per heavy atom. The zero-order valence-electron chi connectivity index (χ0n) is 10.0. The smallest absolute Gasteiger partial charge is 0.255 e. The Labute approximate surface area is 133 Å². The van der Waals surface area contributed by atoms with E-state index in [0.29, 0.717) is 10.6 Å². The summed E-state index contributed by atoms with van der Waals surface area (Å²) in [5, 5.41) is 3.36. The minimum atomic E-state index is -0.194. The van der Waals surface area contributed by atoms with Gasteiger partial charge in [-0.05, 0) is 48.9 Å². The quantitative estimate of drug-likeness (QED) is 0.712. The lowest BCUT2D eigenvalue weighted by molar-refractivity contribution is 0.102. The molecule has 1 N–H and O–H groups in total. The van der Waals surface area contributed by atoms with Gasteiger partial charge in [0.05, 0.1) is 0 Å². The van der Waals surface area contributed by atoms with Gasteiger partial charge in [-0.15, -0.1) is 0 Å². The van der Waals surface area contributed by atoms with Crippen LogP contribution in [0, 0.1) is 6.92 Å². The molecule has 0 unspecified atom stereocenters. The molecule has 0 aliphatic rings. The second-order valence-electron chi connectivity index (χ2n) is 4.13. The number of hydrogen-bond acceptors (Lipinski definition) is 1. The average molecular weight is 404 g/mol. The number of rotatable bonds is 2. The number of carbonyl (C=O) groups is 1. The Morgan fingerprint density at radius 3 is 2.37 bits per heavy atom. The van der Waals surface area contributed by atoms with Gasteiger partial charge in [0.25, 0.3) is 5.91 Å². The van der Waals surface area contributed by atoms with Crippen LogP contribution < -0.4 is 5.32 Å². The standard InChI is InChI=1S/C14H10Br2ClNO/c1-8-2-10(15)7-13(3-8)18-14(19)9-4-11(16)6-12(17)5-9/h2-7H,1H3,(H,18,19). The molecule has 0 spiro atoms. The lowest BCUT2D eigenvalue weighted by atomic mass is 10.2. The minimum absolute atomic E-state index is 0.194. The fraction of sp³-hybridized carbons (Fsp3) is 0.0714. The van der Waals surface area contributed by atoms with Crippen molar-refractivity contribution >= 4 is 55.1 Å². The van der Waals surface area contributed by atoms with Crippen LogP contribution in [-0.4, -0.2) is 5.91 Å². The van der Waals surface area contributed by atoms with E-state index in [4.69, 9.17) is 11.6 Å². The number of hydrogen-bond donors (Lipinski definition) is 1. The number of aryl methyl sites for hydroxylation is 1. The summed E-state index contributed by atoms with van der Waals surface area (Å²) >= 11 is 12.7. The summed E-state index contributed by atoms with van der Waals surface area (Å²) in [6, 6.07) is 10.8. The van der Waals surface area contributed by atoms with Crippen molar-refractivity contribution in [3.8, 4) is 0 Å². The van der Waals surface area contributed by atoms with Gasteiger partial charge >= 0.3 is 0 Å². The maximum absolute atomic E-state index is 12.1. The van der Waals surface area contributed by atoms with E-state index >= 15 is 0 Å². The van der Waals surface area contributed by atoms with Gasteiger partial charge in [-0.3, -0.25) is 4.79 Å². The molecule has 0 fully saturated rings. The lowest BCUT2D eigenvalue weighted by Crippen LogP contribution is -2.12. The van der Waals surface area contributed by atoms with Crippen molar-refractivity contribution in [1.82, 2.24) is 0 Å². The zero-order chi connectivity index (χ0) is 14.0. The first-order valence-electron chi connectivity index (χ1n) is 5.49. The van der Waals surface area contributed by atoms with E-state index in [9.17, 15) is 4.79 Å². The molecule has 0 aliphatic heterocycles. The van der Waals surface area contributed by atoms with Crippen LogP contribution in [-0.2, 0) is 0 Å². The number of anilines is 1. The van der Waals surface area contributed by atoms with Crippen molar-refractivity contribution in [3.63, 3.8) is 0 Å². The molecule has 98 valence electrons. The number of nitrogens with one attached hydrogen (secondary N) is 1. The van der Waals surface area contributed by atoms with Crippen LogP contribution in [0.5, 0.6) is 0 Å². The molecule has 0 heterocycles. The van der Waals surface area contributed by atoms with Crippen LogP contribution in [0.3, 0.4) is 0 Å². The number of carbonyl (C=O) groups excluding carboxylic acids is 1. The van der Waals surface area contributed by atoms with Gasteiger partial charge in [0.15, 0.2) is 0 Å². The number of amides is 1. The first-order valence-corrected chi connectivity index (χ1v) is 7.45. The lowest BCUT2D eigenvalue weighted by Gasteiger charge is -2.08. The van der Waals surface area contributed by atoms with Crippen molar-refractivity contribution in [2.75, 3.05) is 5.32 Å². The van der Waals surface area contributed by atoms with E-state index in [1.54, 1.807) is 18.2 Å². The minimum Gasteiger partial charge on any atom is -0.322 e. The predicted molar refractivity (Wildman–Crippen MR) is 86.0 cm³/mol. The van der Waals surface area contributed by atoms with E-state index in [-0.39, 0.29) is 5.91 Å². The third-order valence-electron chi connectivity index (χ3n) is 2.42. The molecule has 0 bridgehead atoms. The maximum atomic E-state index is 12.1. The highest BCUT2D eigenvalue weighted by atomic mass is 79.9. The van der Waals surface area contributed by atoms with Crippen LogP contribution in [0.25, 0.3) is 0 Å². The van der Waals surface area contributed by atoms with Crippen molar-refractivity contribution in [3.05, 3.63) is 61.5 Å². The molecular weight excluding hydrogens is 393 g/mol. The molecule has 2 aromatic rings. The first kappa shape index (κ1) is 14.6. The first-order chi connectivity index (χ1) is 8.94. The van der Waals surface area contributed by atoms with E-state index in [0.717, 1.165) is 20.2 Å². The highest BCUT2D eigenvalue weighted by Gasteiger charge is 2.08. The summed E-state index contributed by atoms with van der Waals surface area (Å²) in [6.07, 6.45) is 0. The molecule has 0 saturated heterocycles. The van der Waals surface area contributed by atoms with Crippen LogP contribution in [0.4, 0.5) is 5.69 Å². The molecule has 2 nitrogen and oxygen atoms in total. The molecule has 2 aromatic carbocycles. The van der Waals surface area contributed by atoms with Crippen LogP contribution in [0.2, 0.25) is 5.02 Å². The van der Waals surface area contributed by atoms with Gasteiger partial charge in [-0.1, -0.05) is 43.5 Å². The van der Waals surface area contributed by atoms with Gasteiger partial charge in [-0.2, -0.15) is 0 Å². The van der Waals surface area contributed by atoms with Crippen molar-refractivity contribution in [1.29, 1.82) is 0 Å². The largest absolute Gasteiger partial charge is 0.322 e. The summed E-state index contributed by atoms with van der Waals surface area (Å²) in [7, 11) is 0. The SMILES string of the molecule is Cc1cc(Br)cc(NC(=O)c2cc(Cl)cc(Br)c2)c1. The summed E-state index contributed by atoms with van der Waals surface area (Å²) in [5.74, 6) is -0.194. The van der Waals surface area contributed by atoms with E-state index in [2.05, 4.69) is 37.2 Å². The summed E-state index contributed by atoms with van der Waals surface area (Å²) in [6.45, 7) is 1.97. The Hall–Kier alpha value is -0.840. The third kappa shape index (κ3) is 4.06. The highest BCUT2D eigenvalue weighted by Crippen LogP contribution is 2.22. The molecular formula is C14H10Br2ClNO. The molecule has 2 rings (SSSR count). The fourth-order valence-electron chi connectivity index (χ4n) is 1.70. The molecule has 0 aliphatic carbocycles. The molecule has 19 heavy (non-hydrogen) atoms. The second-order valence-corrected chi connectivity index (χ2v) is 6.40. The summed E-state index contributed by atoms with van der Waals surface area (Å²) in [4.78, 5) is 12.1. The Kier molecular flexibility index (Phi) is 4.66. The summed E-state index contributed by atoms with van der Waals surface area (Å²) < 4.78 is 1.70. The Bertz CT molecular complexity index is 603. The van der Waals surface area contributed by atoms with Crippen LogP contribution >= 0.6 is 43.5 Å². The number of halogens is 3. The van der Waals surface area contributed by atoms with Crippen molar-refractivity contribution < 1.29 is 4.79 Å². The second kappa shape index (κ2) is 6.07.